The van der Waals surface area contributed by atoms with Crippen molar-refractivity contribution in [1.29, 1.82) is 0 Å². The van der Waals surface area contributed by atoms with E-state index in [0.717, 1.165) is 18.8 Å². The lowest BCUT2D eigenvalue weighted by atomic mass is 9.94. The summed E-state index contributed by atoms with van der Waals surface area (Å²) in [6.45, 7) is 7.21. The van der Waals surface area contributed by atoms with Crippen LogP contribution in [0.1, 0.15) is 39.1 Å². The molecule has 1 rings (SSSR count). The van der Waals surface area contributed by atoms with Crippen LogP contribution in [0.2, 0.25) is 0 Å². The highest BCUT2D eigenvalue weighted by Crippen LogP contribution is 2.17. The van der Waals surface area contributed by atoms with Crippen molar-refractivity contribution < 1.29 is 5.11 Å². The summed E-state index contributed by atoms with van der Waals surface area (Å²) < 4.78 is 2.03. The number of aromatic nitrogens is 2. The molecule has 0 spiro atoms. The third-order valence-corrected chi connectivity index (χ3v) is 2.83. The molecule has 0 fully saturated rings. The Morgan fingerprint density at radius 1 is 1.56 bits per heavy atom. The van der Waals surface area contributed by atoms with E-state index in [1.807, 2.05) is 37.9 Å². The fourth-order valence-electron chi connectivity index (χ4n) is 1.59. The predicted octanol–water partition coefficient (Wildman–Crippen LogP) is 1.48. The van der Waals surface area contributed by atoms with E-state index in [1.165, 1.54) is 0 Å². The molecule has 0 radical (unpaired) electrons. The number of aryl methyl sites for hydroxylation is 1. The molecule has 92 valence electrons. The molecule has 0 bridgehead atoms. The van der Waals surface area contributed by atoms with Crippen LogP contribution >= 0.6 is 0 Å². The molecule has 1 aromatic heterocycles. The van der Waals surface area contributed by atoms with E-state index >= 15 is 0 Å². The van der Waals surface area contributed by atoms with Crippen LogP contribution in [-0.2, 0) is 7.05 Å². The van der Waals surface area contributed by atoms with E-state index in [4.69, 9.17) is 0 Å². The number of imidazole rings is 1. The van der Waals surface area contributed by atoms with E-state index in [9.17, 15) is 5.11 Å². The molecule has 0 aliphatic rings. The summed E-state index contributed by atoms with van der Waals surface area (Å²) in [6, 6.07) is 0.255. The van der Waals surface area contributed by atoms with Crippen molar-refractivity contribution in [2.24, 2.45) is 12.5 Å². The Hall–Kier alpha value is -0.870. The molecular formula is C12H23N3O. The molecule has 0 aromatic carbocycles. The third-order valence-electron chi connectivity index (χ3n) is 2.83. The molecule has 0 aliphatic carbocycles. The van der Waals surface area contributed by atoms with E-state index in [0.29, 0.717) is 0 Å². The second-order valence-corrected chi connectivity index (χ2v) is 5.06. The van der Waals surface area contributed by atoms with Gasteiger partial charge in [-0.1, -0.05) is 20.8 Å². The third kappa shape index (κ3) is 3.32. The highest BCUT2D eigenvalue weighted by Gasteiger charge is 2.20. The first-order valence-electron chi connectivity index (χ1n) is 5.81. The highest BCUT2D eigenvalue weighted by molar-refractivity contribution is 4.98. The van der Waals surface area contributed by atoms with Gasteiger partial charge in [-0.3, -0.25) is 0 Å². The number of nitrogens with one attached hydrogen (secondary N) is 1. The van der Waals surface area contributed by atoms with Crippen LogP contribution in [0.4, 0.5) is 0 Å². The lowest BCUT2D eigenvalue weighted by molar-refractivity contribution is 0.152. The monoisotopic (exact) mass is 225 g/mol. The maximum Gasteiger partial charge on any atom is 0.125 e. The number of hydrogen-bond donors (Lipinski definition) is 2. The summed E-state index contributed by atoms with van der Waals surface area (Å²) in [7, 11) is 2.00. The number of aliphatic hydroxyl groups is 1. The summed E-state index contributed by atoms with van der Waals surface area (Å²) in [4.78, 5) is 4.35. The molecule has 4 nitrogen and oxygen atoms in total. The van der Waals surface area contributed by atoms with Crippen molar-refractivity contribution in [1.82, 2.24) is 14.9 Å². The van der Waals surface area contributed by atoms with Gasteiger partial charge in [-0.25, -0.2) is 4.98 Å². The van der Waals surface area contributed by atoms with Crippen molar-refractivity contribution in [2.75, 3.05) is 13.2 Å². The lowest BCUT2D eigenvalue weighted by Crippen LogP contribution is -2.35. The van der Waals surface area contributed by atoms with E-state index in [2.05, 4.69) is 17.2 Å². The average molecular weight is 225 g/mol. The first-order chi connectivity index (χ1) is 7.50. The predicted molar refractivity (Wildman–Crippen MR) is 65.1 cm³/mol. The lowest BCUT2D eigenvalue weighted by Gasteiger charge is -2.25. The van der Waals surface area contributed by atoms with Crippen LogP contribution in [-0.4, -0.2) is 27.8 Å². The molecule has 1 atom stereocenters. The Kier molecular flexibility index (Phi) is 4.50. The molecule has 1 unspecified atom stereocenters. The molecule has 2 N–H and O–H groups in total. The first-order valence-corrected chi connectivity index (χ1v) is 5.81. The van der Waals surface area contributed by atoms with Gasteiger partial charge in [0.15, 0.2) is 0 Å². The zero-order chi connectivity index (χ0) is 12.2. The van der Waals surface area contributed by atoms with E-state index in [1.54, 1.807) is 0 Å². The summed E-state index contributed by atoms with van der Waals surface area (Å²) in [5.74, 6) is 1.05. The molecule has 1 heterocycles. The Labute approximate surface area is 97.7 Å². The molecule has 4 heteroatoms. The quantitative estimate of drug-likeness (QED) is 0.771. The van der Waals surface area contributed by atoms with Crippen LogP contribution in [0.3, 0.4) is 0 Å². The van der Waals surface area contributed by atoms with Crippen molar-refractivity contribution in [3.63, 3.8) is 0 Å². The smallest absolute Gasteiger partial charge is 0.125 e. The van der Waals surface area contributed by atoms with E-state index in [-0.39, 0.29) is 18.1 Å². The van der Waals surface area contributed by atoms with E-state index < -0.39 is 0 Å². The van der Waals surface area contributed by atoms with Gasteiger partial charge in [-0.2, -0.15) is 0 Å². The topological polar surface area (TPSA) is 50.1 Å². The van der Waals surface area contributed by atoms with Gasteiger partial charge in [-0.05, 0) is 6.42 Å². The molecular weight excluding hydrogens is 202 g/mol. The summed E-state index contributed by atoms with van der Waals surface area (Å²) in [6.07, 6.45) is 4.76. The van der Waals surface area contributed by atoms with Gasteiger partial charge in [0.05, 0.1) is 6.04 Å². The van der Waals surface area contributed by atoms with Crippen molar-refractivity contribution in [2.45, 2.75) is 33.2 Å². The zero-order valence-electron chi connectivity index (χ0n) is 10.7. The van der Waals surface area contributed by atoms with Crippen molar-refractivity contribution >= 4 is 0 Å². The highest BCUT2D eigenvalue weighted by atomic mass is 16.3. The summed E-state index contributed by atoms with van der Waals surface area (Å²) >= 11 is 0. The van der Waals surface area contributed by atoms with Crippen LogP contribution in [0.25, 0.3) is 0 Å². The van der Waals surface area contributed by atoms with Gasteiger partial charge >= 0.3 is 0 Å². The number of hydrogen-bond acceptors (Lipinski definition) is 3. The normalized spacial score (nSPS) is 14.1. The van der Waals surface area contributed by atoms with Gasteiger partial charge in [0.25, 0.3) is 0 Å². The maximum atomic E-state index is 9.20. The minimum Gasteiger partial charge on any atom is -0.396 e. The standard InChI is InChI=1S/C12H23N3O/c1-5-10(11-13-6-7-15(11)4)14-8-12(2,3)9-16/h6-7,10,14,16H,5,8-9H2,1-4H3. The Morgan fingerprint density at radius 3 is 2.69 bits per heavy atom. The Balaban J connectivity index is 2.60. The number of nitrogens with zero attached hydrogens (tertiary/aromatic N) is 2. The first kappa shape index (κ1) is 13.2. The second kappa shape index (κ2) is 5.46. The zero-order valence-corrected chi connectivity index (χ0v) is 10.7. The average Bonchev–Trinajstić information content (AvgIpc) is 2.66. The molecule has 0 saturated heterocycles. The largest absolute Gasteiger partial charge is 0.396 e. The number of rotatable bonds is 6. The molecule has 0 amide bonds. The Morgan fingerprint density at radius 2 is 2.25 bits per heavy atom. The van der Waals surface area contributed by atoms with Crippen LogP contribution in [0.15, 0.2) is 12.4 Å². The van der Waals surface area contributed by atoms with Crippen molar-refractivity contribution in [3.05, 3.63) is 18.2 Å². The van der Waals surface area contributed by atoms with Crippen molar-refractivity contribution in [3.8, 4) is 0 Å². The van der Waals surface area contributed by atoms with Crippen LogP contribution in [0, 0.1) is 5.41 Å². The minimum absolute atomic E-state index is 0.0847. The van der Waals surface area contributed by atoms with Gasteiger partial charge in [0.1, 0.15) is 5.82 Å². The number of aliphatic hydroxyl groups excluding tert-OH is 1. The summed E-state index contributed by atoms with van der Waals surface area (Å²) in [5.41, 5.74) is -0.0847. The second-order valence-electron chi connectivity index (χ2n) is 5.06. The SMILES string of the molecule is CCC(NCC(C)(C)CO)c1nccn1C. The maximum absolute atomic E-state index is 9.20. The van der Waals surface area contributed by atoms with Gasteiger partial charge in [0, 0.05) is 38.0 Å². The van der Waals surface area contributed by atoms with Crippen LogP contribution in [0.5, 0.6) is 0 Å². The molecule has 0 saturated carbocycles. The fraction of sp³-hybridized carbons (Fsp3) is 0.750. The molecule has 16 heavy (non-hydrogen) atoms. The Bertz CT molecular complexity index is 320. The summed E-state index contributed by atoms with van der Waals surface area (Å²) in [5, 5.41) is 12.7. The molecule has 1 aromatic rings. The fourth-order valence-corrected chi connectivity index (χ4v) is 1.59. The van der Waals surface area contributed by atoms with Gasteiger partial charge < -0.3 is 15.0 Å². The minimum atomic E-state index is -0.0847. The molecule has 0 aliphatic heterocycles. The van der Waals surface area contributed by atoms with Gasteiger partial charge in [-0.15, -0.1) is 0 Å². The van der Waals surface area contributed by atoms with Crippen LogP contribution < -0.4 is 5.32 Å². The van der Waals surface area contributed by atoms with Gasteiger partial charge in [0.2, 0.25) is 0 Å².